The van der Waals surface area contributed by atoms with Crippen molar-refractivity contribution in [1.29, 1.82) is 0 Å². The summed E-state index contributed by atoms with van der Waals surface area (Å²) in [5.41, 5.74) is 0. The van der Waals surface area contributed by atoms with E-state index in [2.05, 4.69) is 49.3 Å². The Hall–Kier alpha value is 0.130. The van der Waals surface area contributed by atoms with Crippen LogP contribution in [0.25, 0.3) is 0 Å². The number of thiol groups is 2. The maximum Gasteiger partial charge on any atom is 0.229 e. The van der Waals surface area contributed by atoms with Crippen LogP contribution in [0.5, 0.6) is 0 Å². The predicted molar refractivity (Wildman–Crippen MR) is 72.0 cm³/mol. The smallest absolute Gasteiger partial charge is 0.229 e. The van der Waals surface area contributed by atoms with Crippen molar-refractivity contribution in [2.75, 3.05) is 31.6 Å². The number of hydrogen-bond acceptors (Lipinski definition) is 4. The molecule has 15 heavy (non-hydrogen) atoms. The second-order valence-corrected chi connectivity index (χ2v) is 4.83. The molecule has 1 amide bonds. The van der Waals surface area contributed by atoms with E-state index in [-0.39, 0.29) is 17.7 Å². The lowest BCUT2D eigenvalue weighted by molar-refractivity contribution is -0.119. The number of amides is 1. The molecule has 90 valence electrons. The SMILES string of the molecule is CC(C)C(CN(C)CCS)NC(=O)CS. The van der Waals surface area contributed by atoms with E-state index < -0.39 is 0 Å². The summed E-state index contributed by atoms with van der Waals surface area (Å²) in [4.78, 5) is 13.4. The van der Waals surface area contributed by atoms with Crippen molar-refractivity contribution in [3.05, 3.63) is 0 Å². The van der Waals surface area contributed by atoms with Crippen molar-refractivity contribution < 1.29 is 4.79 Å². The van der Waals surface area contributed by atoms with Crippen molar-refractivity contribution in [2.24, 2.45) is 5.92 Å². The van der Waals surface area contributed by atoms with Crippen LogP contribution in [-0.4, -0.2) is 48.5 Å². The highest BCUT2D eigenvalue weighted by atomic mass is 32.1. The van der Waals surface area contributed by atoms with Gasteiger partial charge in [-0.2, -0.15) is 25.3 Å². The molecule has 0 aromatic carbocycles. The standard InChI is InChI=1S/C10H22N2OS2/c1-8(2)9(11-10(13)7-15)6-12(3)4-5-14/h8-9,14-15H,4-7H2,1-3H3,(H,11,13). The number of nitrogens with one attached hydrogen (secondary N) is 1. The molecule has 3 nitrogen and oxygen atoms in total. The van der Waals surface area contributed by atoms with Gasteiger partial charge in [-0.3, -0.25) is 4.79 Å². The van der Waals surface area contributed by atoms with Crippen LogP contribution in [0.4, 0.5) is 0 Å². The first kappa shape index (κ1) is 15.1. The summed E-state index contributed by atoms with van der Waals surface area (Å²) in [7, 11) is 2.04. The van der Waals surface area contributed by atoms with Gasteiger partial charge in [-0.15, -0.1) is 0 Å². The Morgan fingerprint density at radius 2 is 2.00 bits per heavy atom. The molecule has 0 rings (SSSR count). The van der Waals surface area contributed by atoms with Crippen LogP contribution in [0.15, 0.2) is 0 Å². The molecule has 1 unspecified atom stereocenters. The third-order valence-corrected chi connectivity index (χ3v) is 2.77. The highest BCUT2D eigenvalue weighted by Crippen LogP contribution is 2.03. The quantitative estimate of drug-likeness (QED) is 0.587. The molecular formula is C10H22N2OS2. The van der Waals surface area contributed by atoms with E-state index in [0.717, 1.165) is 18.8 Å². The number of likely N-dealkylation sites (N-methyl/N-ethyl adjacent to an activating group) is 1. The monoisotopic (exact) mass is 250 g/mol. The van der Waals surface area contributed by atoms with Crippen LogP contribution in [0.3, 0.4) is 0 Å². The topological polar surface area (TPSA) is 32.3 Å². The van der Waals surface area contributed by atoms with Gasteiger partial charge < -0.3 is 10.2 Å². The molecular weight excluding hydrogens is 228 g/mol. The summed E-state index contributed by atoms with van der Waals surface area (Å²) in [6.45, 7) is 6.01. The van der Waals surface area contributed by atoms with Crippen LogP contribution in [0.2, 0.25) is 0 Å². The van der Waals surface area contributed by atoms with Gasteiger partial charge in [0.25, 0.3) is 0 Å². The first-order valence-electron chi connectivity index (χ1n) is 5.20. The van der Waals surface area contributed by atoms with Crippen LogP contribution < -0.4 is 5.32 Å². The summed E-state index contributed by atoms with van der Waals surface area (Å²) < 4.78 is 0. The molecule has 0 aliphatic rings. The zero-order valence-corrected chi connectivity index (χ0v) is 11.5. The number of carbonyl (C=O) groups excluding carboxylic acids is 1. The number of nitrogens with zero attached hydrogens (tertiary/aromatic N) is 1. The van der Waals surface area contributed by atoms with Crippen LogP contribution in [0, 0.1) is 5.92 Å². The Morgan fingerprint density at radius 3 is 2.40 bits per heavy atom. The van der Waals surface area contributed by atoms with Gasteiger partial charge in [0.05, 0.1) is 5.75 Å². The molecule has 0 bridgehead atoms. The van der Waals surface area contributed by atoms with E-state index in [9.17, 15) is 4.79 Å². The van der Waals surface area contributed by atoms with Crippen molar-refractivity contribution in [3.8, 4) is 0 Å². The zero-order chi connectivity index (χ0) is 11.8. The van der Waals surface area contributed by atoms with Gasteiger partial charge in [0.15, 0.2) is 0 Å². The predicted octanol–water partition coefficient (Wildman–Crippen LogP) is 0.919. The lowest BCUT2D eigenvalue weighted by Gasteiger charge is -2.27. The zero-order valence-electron chi connectivity index (χ0n) is 9.73. The molecule has 0 heterocycles. The second-order valence-electron chi connectivity index (χ2n) is 4.06. The minimum atomic E-state index is -0.00342. The Labute approximate surface area is 104 Å². The summed E-state index contributed by atoms with van der Waals surface area (Å²) in [6, 6.07) is 0.189. The molecule has 0 aromatic rings. The number of hydrogen-bond donors (Lipinski definition) is 3. The average molecular weight is 250 g/mol. The molecule has 0 radical (unpaired) electrons. The summed E-state index contributed by atoms with van der Waals surface area (Å²) in [6.07, 6.45) is 0. The van der Waals surface area contributed by atoms with E-state index >= 15 is 0 Å². The average Bonchev–Trinajstić information content (AvgIpc) is 2.16. The summed E-state index contributed by atoms with van der Waals surface area (Å²) in [5, 5.41) is 2.97. The van der Waals surface area contributed by atoms with Crippen molar-refractivity contribution in [3.63, 3.8) is 0 Å². The molecule has 0 aromatic heterocycles. The van der Waals surface area contributed by atoms with Crippen LogP contribution in [-0.2, 0) is 4.79 Å². The molecule has 1 N–H and O–H groups in total. The van der Waals surface area contributed by atoms with Crippen molar-refractivity contribution in [1.82, 2.24) is 10.2 Å². The maximum atomic E-state index is 11.2. The van der Waals surface area contributed by atoms with Gasteiger partial charge >= 0.3 is 0 Å². The molecule has 0 aliphatic heterocycles. The van der Waals surface area contributed by atoms with Crippen LogP contribution >= 0.6 is 25.3 Å². The first-order valence-corrected chi connectivity index (χ1v) is 6.47. The fourth-order valence-corrected chi connectivity index (χ4v) is 1.71. The van der Waals surface area contributed by atoms with Gasteiger partial charge in [0.1, 0.15) is 0 Å². The van der Waals surface area contributed by atoms with Gasteiger partial charge in [0, 0.05) is 24.9 Å². The molecule has 0 saturated carbocycles. The molecule has 0 saturated heterocycles. The maximum absolute atomic E-state index is 11.2. The highest BCUT2D eigenvalue weighted by Gasteiger charge is 2.16. The number of rotatable bonds is 7. The van der Waals surface area contributed by atoms with Gasteiger partial charge in [-0.05, 0) is 13.0 Å². The molecule has 5 heteroatoms. The van der Waals surface area contributed by atoms with Gasteiger partial charge in [-0.25, -0.2) is 0 Å². The van der Waals surface area contributed by atoms with Gasteiger partial charge in [0.2, 0.25) is 5.91 Å². The van der Waals surface area contributed by atoms with Crippen LogP contribution in [0.1, 0.15) is 13.8 Å². The Kier molecular flexibility index (Phi) is 8.37. The Bertz CT molecular complexity index is 188. The van der Waals surface area contributed by atoms with E-state index in [1.54, 1.807) is 0 Å². The lowest BCUT2D eigenvalue weighted by Crippen LogP contribution is -2.46. The summed E-state index contributed by atoms with van der Waals surface area (Å²) in [5.74, 6) is 1.51. The van der Waals surface area contributed by atoms with E-state index in [1.165, 1.54) is 0 Å². The fraction of sp³-hybridized carbons (Fsp3) is 0.900. The normalized spacial score (nSPS) is 13.3. The molecule has 0 fully saturated rings. The number of carbonyl (C=O) groups is 1. The van der Waals surface area contributed by atoms with E-state index in [1.807, 2.05) is 7.05 Å². The van der Waals surface area contributed by atoms with Crippen molar-refractivity contribution >= 4 is 31.2 Å². The highest BCUT2D eigenvalue weighted by molar-refractivity contribution is 7.81. The molecule has 1 atom stereocenters. The fourth-order valence-electron chi connectivity index (χ4n) is 1.27. The second kappa shape index (κ2) is 8.30. The molecule has 0 aliphatic carbocycles. The third-order valence-electron chi connectivity index (χ3n) is 2.28. The minimum absolute atomic E-state index is 0.00342. The van der Waals surface area contributed by atoms with Crippen molar-refractivity contribution in [2.45, 2.75) is 19.9 Å². The largest absolute Gasteiger partial charge is 0.351 e. The minimum Gasteiger partial charge on any atom is -0.351 e. The third kappa shape index (κ3) is 7.09. The van der Waals surface area contributed by atoms with Gasteiger partial charge in [-0.1, -0.05) is 13.8 Å². The molecule has 0 spiro atoms. The first-order chi connectivity index (χ1) is 7.01. The lowest BCUT2D eigenvalue weighted by atomic mass is 10.0. The van der Waals surface area contributed by atoms with E-state index in [4.69, 9.17) is 0 Å². The van der Waals surface area contributed by atoms with E-state index in [0.29, 0.717) is 5.92 Å². The summed E-state index contributed by atoms with van der Waals surface area (Å²) >= 11 is 8.13. The Morgan fingerprint density at radius 1 is 1.40 bits per heavy atom. The Balaban J connectivity index is 4.09.